The minimum atomic E-state index is -4.54. The lowest BCUT2D eigenvalue weighted by Gasteiger charge is -2.33. The predicted octanol–water partition coefficient (Wildman–Crippen LogP) is 3.57. The van der Waals surface area contributed by atoms with Gasteiger partial charge < -0.3 is 20.7 Å². The summed E-state index contributed by atoms with van der Waals surface area (Å²) in [6, 6.07) is 11.4. The molecular weight excluding hydrogens is 451 g/mol. The van der Waals surface area contributed by atoms with E-state index in [2.05, 4.69) is 25.3 Å². The van der Waals surface area contributed by atoms with E-state index in [1.807, 2.05) is 30.3 Å². The number of nitrogens with one attached hydrogen (secondary N) is 1. The third kappa shape index (κ3) is 5.69. The SMILES string of the molecule is Nc1nc(COC(=O)C2CCCN(c3ncccc3C(F)(F)F)C2)nc(Nc2ccccc2)n1. The van der Waals surface area contributed by atoms with Crippen molar-refractivity contribution in [3.05, 3.63) is 60.0 Å². The van der Waals surface area contributed by atoms with Crippen LogP contribution in [-0.4, -0.2) is 39.0 Å². The van der Waals surface area contributed by atoms with Crippen LogP contribution in [0.5, 0.6) is 0 Å². The number of anilines is 4. The molecule has 34 heavy (non-hydrogen) atoms. The van der Waals surface area contributed by atoms with Gasteiger partial charge in [0.1, 0.15) is 5.82 Å². The summed E-state index contributed by atoms with van der Waals surface area (Å²) in [5.41, 5.74) is 5.66. The van der Waals surface area contributed by atoms with Crippen LogP contribution in [0.25, 0.3) is 0 Å². The van der Waals surface area contributed by atoms with Crippen molar-refractivity contribution >= 4 is 29.4 Å². The number of esters is 1. The van der Waals surface area contributed by atoms with Gasteiger partial charge in [0, 0.05) is 25.0 Å². The average Bonchev–Trinajstić information content (AvgIpc) is 2.82. The first-order chi connectivity index (χ1) is 16.3. The highest BCUT2D eigenvalue weighted by molar-refractivity contribution is 5.73. The highest BCUT2D eigenvalue weighted by atomic mass is 19.4. The van der Waals surface area contributed by atoms with Crippen molar-refractivity contribution in [1.82, 2.24) is 19.9 Å². The number of ether oxygens (including phenoxy) is 1. The number of nitrogens with two attached hydrogens (primary N) is 1. The Hall–Kier alpha value is -3.96. The van der Waals surface area contributed by atoms with E-state index in [4.69, 9.17) is 10.5 Å². The Kier molecular flexibility index (Phi) is 6.75. The number of alkyl halides is 3. The summed E-state index contributed by atoms with van der Waals surface area (Å²) in [4.78, 5) is 30.3. The summed E-state index contributed by atoms with van der Waals surface area (Å²) in [5.74, 6) is -1.05. The molecule has 12 heteroatoms. The fourth-order valence-corrected chi connectivity index (χ4v) is 3.69. The zero-order valence-electron chi connectivity index (χ0n) is 18.0. The van der Waals surface area contributed by atoms with Crippen molar-refractivity contribution < 1.29 is 22.7 Å². The van der Waals surface area contributed by atoms with Crippen LogP contribution in [0.3, 0.4) is 0 Å². The van der Waals surface area contributed by atoms with Crippen LogP contribution in [0.2, 0.25) is 0 Å². The molecule has 0 saturated carbocycles. The molecule has 1 aromatic carbocycles. The van der Waals surface area contributed by atoms with Crippen molar-refractivity contribution in [2.24, 2.45) is 5.92 Å². The molecular formula is C22H22F3N7O2. The lowest BCUT2D eigenvalue weighted by Crippen LogP contribution is -2.40. The van der Waals surface area contributed by atoms with E-state index in [0.717, 1.165) is 11.8 Å². The predicted molar refractivity (Wildman–Crippen MR) is 118 cm³/mol. The van der Waals surface area contributed by atoms with Gasteiger partial charge in [-0.05, 0) is 37.1 Å². The fraction of sp³-hybridized carbons (Fsp3) is 0.318. The van der Waals surface area contributed by atoms with Crippen LogP contribution in [0.4, 0.5) is 36.6 Å². The first-order valence-corrected chi connectivity index (χ1v) is 10.6. The van der Waals surface area contributed by atoms with E-state index in [1.54, 1.807) is 0 Å². The van der Waals surface area contributed by atoms with E-state index in [1.165, 1.54) is 17.2 Å². The van der Waals surface area contributed by atoms with Crippen molar-refractivity contribution in [2.75, 3.05) is 29.0 Å². The van der Waals surface area contributed by atoms with E-state index < -0.39 is 23.6 Å². The van der Waals surface area contributed by atoms with Crippen LogP contribution in [0.1, 0.15) is 24.2 Å². The zero-order chi connectivity index (χ0) is 24.1. The summed E-state index contributed by atoms with van der Waals surface area (Å²) >= 11 is 0. The molecule has 0 aliphatic carbocycles. The van der Waals surface area contributed by atoms with Gasteiger partial charge in [0.15, 0.2) is 12.4 Å². The van der Waals surface area contributed by atoms with E-state index in [9.17, 15) is 18.0 Å². The maximum Gasteiger partial charge on any atom is 0.419 e. The lowest BCUT2D eigenvalue weighted by atomic mass is 9.98. The van der Waals surface area contributed by atoms with Crippen molar-refractivity contribution in [3.63, 3.8) is 0 Å². The van der Waals surface area contributed by atoms with Gasteiger partial charge in [0.25, 0.3) is 0 Å². The van der Waals surface area contributed by atoms with Crippen molar-refractivity contribution in [2.45, 2.75) is 25.6 Å². The van der Waals surface area contributed by atoms with E-state index in [0.29, 0.717) is 19.4 Å². The molecule has 3 heterocycles. The summed E-state index contributed by atoms with van der Waals surface area (Å²) in [7, 11) is 0. The molecule has 1 fully saturated rings. The number of nitrogens with zero attached hydrogens (tertiary/aromatic N) is 5. The number of aromatic nitrogens is 4. The van der Waals surface area contributed by atoms with Crippen molar-refractivity contribution in [3.8, 4) is 0 Å². The second kappa shape index (κ2) is 9.89. The van der Waals surface area contributed by atoms with Crippen LogP contribution in [0.15, 0.2) is 48.7 Å². The molecule has 1 saturated heterocycles. The monoisotopic (exact) mass is 473 g/mol. The Morgan fingerprint density at radius 2 is 1.94 bits per heavy atom. The van der Waals surface area contributed by atoms with Gasteiger partial charge in [-0.3, -0.25) is 4.79 Å². The normalized spacial score (nSPS) is 16.2. The van der Waals surface area contributed by atoms with Crippen molar-refractivity contribution in [1.29, 1.82) is 0 Å². The minimum absolute atomic E-state index is 0.0434. The van der Waals surface area contributed by atoms with Crippen LogP contribution >= 0.6 is 0 Å². The average molecular weight is 473 g/mol. The number of hydrogen-bond donors (Lipinski definition) is 2. The number of nitrogen functional groups attached to an aromatic ring is 1. The molecule has 2 aromatic heterocycles. The Morgan fingerprint density at radius 1 is 1.15 bits per heavy atom. The maximum atomic E-state index is 13.4. The molecule has 3 aromatic rings. The standard InChI is InChI=1S/C22H22F3N7O2/c23-22(24,25)16-9-4-10-27-18(16)32-11-5-6-14(12-32)19(33)34-13-17-29-20(26)31-21(30-17)28-15-7-2-1-3-8-15/h1-4,7-10,14H,5-6,11-13H2,(H3,26,28,29,30,31). The Morgan fingerprint density at radius 3 is 2.71 bits per heavy atom. The van der Waals surface area contributed by atoms with Crippen LogP contribution < -0.4 is 16.0 Å². The van der Waals surface area contributed by atoms with E-state index >= 15 is 0 Å². The summed E-state index contributed by atoms with van der Waals surface area (Å²) < 4.78 is 45.5. The number of piperidine rings is 1. The molecule has 3 N–H and O–H groups in total. The summed E-state index contributed by atoms with van der Waals surface area (Å²) in [6.45, 7) is 0.185. The largest absolute Gasteiger partial charge is 0.457 e. The third-order valence-corrected chi connectivity index (χ3v) is 5.22. The quantitative estimate of drug-likeness (QED) is 0.518. The molecule has 1 unspecified atom stereocenters. The molecule has 178 valence electrons. The molecule has 1 atom stereocenters. The molecule has 0 bridgehead atoms. The maximum absolute atomic E-state index is 13.4. The highest BCUT2D eigenvalue weighted by Crippen LogP contribution is 2.36. The number of benzene rings is 1. The second-order valence-electron chi connectivity index (χ2n) is 7.69. The zero-order valence-corrected chi connectivity index (χ0v) is 18.0. The van der Waals surface area contributed by atoms with Gasteiger partial charge in [0.05, 0.1) is 11.5 Å². The van der Waals surface area contributed by atoms with Gasteiger partial charge in [-0.2, -0.15) is 28.1 Å². The van der Waals surface area contributed by atoms with Gasteiger partial charge in [-0.1, -0.05) is 18.2 Å². The number of carbonyl (C=O) groups excluding carboxylic acids is 1. The molecule has 9 nitrogen and oxygen atoms in total. The van der Waals surface area contributed by atoms with Crippen LogP contribution in [0, 0.1) is 5.92 Å². The van der Waals surface area contributed by atoms with Gasteiger partial charge in [-0.15, -0.1) is 0 Å². The molecule has 1 aliphatic heterocycles. The topological polar surface area (TPSA) is 119 Å². The first-order valence-electron chi connectivity index (χ1n) is 10.6. The number of carbonyl (C=O) groups is 1. The number of hydrogen-bond acceptors (Lipinski definition) is 9. The molecule has 1 aliphatic rings. The molecule has 0 radical (unpaired) electrons. The Balaban J connectivity index is 1.40. The van der Waals surface area contributed by atoms with Gasteiger partial charge in [0.2, 0.25) is 11.9 Å². The number of pyridine rings is 1. The lowest BCUT2D eigenvalue weighted by molar-refractivity contribution is -0.150. The number of halogens is 3. The molecule has 0 spiro atoms. The fourth-order valence-electron chi connectivity index (χ4n) is 3.69. The minimum Gasteiger partial charge on any atom is -0.457 e. The molecule has 0 amide bonds. The number of rotatable bonds is 6. The Labute approximate surface area is 193 Å². The summed E-state index contributed by atoms with van der Waals surface area (Å²) in [6.07, 6.45) is -2.22. The highest BCUT2D eigenvalue weighted by Gasteiger charge is 2.37. The first kappa shape index (κ1) is 23.2. The van der Waals surface area contributed by atoms with Crippen LogP contribution in [-0.2, 0) is 22.3 Å². The van der Waals surface area contributed by atoms with Gasteiger partial charge >= 0.3 is 12.1 Å². The molecule has 4 rings (SSSR count). The van der Waals surface area contributed by atoms with Gasteiger partial charge in [-0.25, -0.2) is 4.98 Å². The summed E-state index contributed by atoms with van der Waals surface area (Å²) in [5, 5.41) is 2.99. The second-order valence-corrected chi connectivity index (χ2v) is 7.69. The smallest absolute Gasteiger partial charge is 0.419 e. The third-order valence-electron chi connectivity index (χ3n) is 5.22. The van der Waals surface area contributed by atoms with E-state index in [-0.39, 0.29) is 36.7 Å². The number of para-hydroxylation sites is 1. The Bertz CT molecular complexity index is 1140.